The van der Waals surface area contributed by atoms with Crippen LogP contribution in [0, 0.1) is 6.92 Å². The minimum Gasteiger partial charge on any atom is -0.330 e. The predicted octanol–water partition coefficient (Wildman–Crippen LogP) is 5.95. The number of thiophene rings is 1. The first-order valence-corrected chi connectivity index (χ1v) is 13.7. The molecule has 2 aromatic carbocycles. The fraction of sp³-hybridized carbons (Fsp3) is 0.357. The van der Waals surface area contributed by atoms with Crippen LogP contribution in [0.4, 0.5) is 0 Å². The van der Waals surface area contributed by atoms with Gasteiger partial charge in [-0.25, -0.2) is 0 Å². The van der Waals surface area contributed by atoms with E-state index in [1.165, 1.54) is 27.8 Å². The molecule has 0 fully saturated rings. The molecule has 0 saturated heterocycles. The van der Waals surface area contributed by atoms with Gasteiger partial charge in [0.2, 0.25) is 11.8 Å². The van der Waals surface area contributed by atoms with Crippen LogP contribution < -0.4 is 0 Å². The number of aryl methyl sites for hydroxylation is 1. The Morgan fingerprint density at radius 3 is 2.56 bits per heavy atom. The molecule has 4 nitrogen and oxygen atoms in total. The first-order valence-electron chi connectivity index (χ1n) is 11.9. The number of hydrogen-bond donors (Lipinski definition) is 0. The molecular weight excluding hydrogens is 460 g/mol. The quantitative estimate of drug-likeness (QED) is 0.365. The first kappa shape index (κ1) is 24.6. The van der Waals surface area contributed by atoms with E-state index in [1.54, 1.807) is 16.2 Å². The number of benzene rings is 2. The van der Waals surface area contributed by atoms with Crippen molar-refractivity contribution in [3.63, 3.8) is 0 Å². The van der Waals surface area contributed by atoms with Crippen LogP contribution in [0.25, 0.3) is 0 Å². The van der Waals surface area contributed by atoms with Gasteiger partial charge in [-0.1, -0.05) is 49.4 Å². The second kappa shape index (κ2) is 11.2. The molecule has 4 rings (SSSR count). The summed E-state index contributed by atoms with van der Waals surface area (Å²) < 4.78 is 0. The van der Waals surface area contributed by atoms with Crippen LogP contribution in [0.15, 0.2) is 70.9 Å². The van der Waals surface area contributed by atoms with Crippen molar-refractivity contribution in [2.24, 2.45) is 0 Å². The van der Waals surface area contributed by atoms with E-state index in [0.29, 0.717) is 12.3 Å². The molecule has 2 heterocycles. The van der Waals surface area contributed by atoms with Crippen molar-refractivity contribution >= 4 is 34.9 Å². The summed E-state index contributed by atoms with van der Waals surface area (Å²) in [6, 6.07) is 20.3. The summed E-state index contributed by atoms with van der Waals surface area (Å²) in [4.78, 5) is 33.2. The van der Waals surface area contributed by atoms with E-state index in [-0.39, 0.29) is 30.4 Å². The van der Waals surface area contributed by atoms with Gasteiger partial charge in [0.15, 0.2) is 0 Å². The molecule has 0 spiro atoms. The highest BCUT2D eigenvalue weighted by Crippen LogP contribution is 2.39. The Balaban J connectivity index is 1.55. The number of fused-ring (bicyclic) bond motifs is 1. The molecule has 34 heavy (non-hydrogen) atoms. The molecule has 3 aromatic rings. The Kier molecular flexibility index (Phi) is 8.11. The first-order chi connectivity index (χ1) is 16.5. The molecule has 0 aliphatic carbocycles. The third-order valence-corrected chi connectivity index (χ3v) is 8.62. The Bertz CT molecular complexity index is 1130. The van der Waals surface area contributed by atoms with Gasteiger partial charge in [-0.2, -0.15) is 0 Å². The summed E-state index contributed by atoms with van der Waals surface area (Å²) in [5, 5.41) is 2.12. The highest BCUT2D eigenvalue weighted by molar-refractivity contribution is 8.00. The van der Waals surface area contributed by atoms with Crippen LogP contribution in [-0.4, -0.2) is 46.5 Å². The molecule has 1 aromatic heterocycles. The van der Waals surface area contributed by atoms with Crippen molar-refractivity contribution in [3.8, 4) is 0 Å². The van der Waals surface area contributed by atoms with Gasteiger partial charge in [0.1, 0.15) is 6.54 Å². The minimum absolute atomic E-state index is 0.00577. The van der Waals surface area contributed by atoms with Crippen molar-refractivity contribution in [1.29, 1.82) is 0 Å². The van der Waals surface area contributed by atoms with Crippen molar-refractivity contribution in [2.45, 2.75) is 50.6 Å². The second-order valence-electron chi connectivity index (χ2n) is 8.78. The molecule has 0 N–H and O–H groups in total. The standard InChI is InChI=1S/C28H32N2O2S2/c1-4-21(3)30(27(32)19-34-22-11-6-5-7-12-22)18-26(31)29-16-14-25-24(15-17-33-25)28(29)23-13-9-8-10-20(23)2/h5-13,15,17,21,28H,4,14,16,18-19H2,1-3H3. The van der Waals surface area contributed by atoms with Crippen LogP contribution in [0.2, 0.25) is 0 Å². The Morgan fingerprint density at radius 1 is 1.09 bits per heavy atom. The normalized spacial score (nSPS) is 16.1. The summed E-state index contributed by atoms with van der Waals surface area (Å²) in [7, 11) is 0. The summed E-state index contributed by atoms with van der Waals surface area (Å²) >= 11 is 3.29. The number of carbonyl (C=O) groups excluding carboxylic acids is 2. The van der Waals surface area contributed by atoms with Crippen molar-refractivity contribution < 1.29 is 9.59 Å². The van der Waals surface area contributed by atoms with E-state index in [4.69, 9.17) is 0 Å². The fourth-order valence-electron chi connectivity index (χ4n) is 4.51. The molecule has 1 aliphatic rings. The zero-order chi connectivity index (χ0) is 24.1. The molecular formula is C28H32N2O2S2. The SMILES string of the molecule is CCC(C)N(CC(=O)N1CCc2sccc2C1c1ccccc1C)C(=O)CSc1ccccc1. The van der Waals surface area contributed by atoms with Gasteiger partial charge in [0.05, 0.1) is 11.8 Å². The van der Waals surface area contributed by atoms with Gasteiger partial charge in [-0.3, -0.25) is 9.59 Å². The number of rotatable bonds is 8. The average molecular weight is 493 g/mol. The van der Waals surface area contributed by atoms with Gasteiger partial charge in [-0.05, 0) is 67.0 Å². The van der Waals surface area contributed by atoms with Gasteiger partial charge >= 0.3 is 0 Å². The van der Waals surface area contributed by atoms with Crippen molar-refractivity contribution in [2.75, 3.05) is 18.8 Å². The number of nitrogens with zero attached hydrogens (tertiary/aromatic N) is 2. The molecule has 178 valence electrons. The van der Waals surface area contributed by atoms with Crippen LogP contribution in [0.1, 0.15) is 47.9 Å². The highest BCUT2D eigenvalue weighted by atomic mass is 32.2. The number of hydrogen-bond acceptors (Lipinski definition) is 4. The summed E-state index contributed by atoms with van der Waals surface area (Å²) in [6.45, 7) is 6.99. The molecule has 0 radical (unpaired) electrons. The van der Waals surface area contributed by atoms with Crippen LogP contribution in [-0.2, 0) is 16.0 Å². The average Bonchev–Trinajstić information content (AvgIpc) is 3.35. The minimum atomic E-state index is -0.101. The fourth-order valence-corrected chi connectivity index (χ4v) is 6.21. The summed E-state index contributed by atoms with van der Waals surface area (Å²) in [5.74, 6) is 0.359. The Morgan fingerprint density at radius 2 is 1.82 bits per heavy atom. The van der Waals surface area contributed by atoms with E-state index in [1.807, 2.05) is 54.3 Å². The third-order valence-electron chi connectivity index (χ3n) is 6.62. The van der Waals surface area contributed by atoms with Gasteiger partial charge in [0, 0.05) is 22.4 Å². The Labute approximate surface area is 211 Å². The van der Waals surface area contributed by atoms with E-state index in [2.05, 4.69) is 37.4 Å². The lowest BCUT2D eigenvalue weighted by Gasteiger charge is -2.39. The maximum atomic E-state index is 13.8. The lowest BCUT2D eigenvalue weighted by molar-refractivity contribution is -0.142. The predicted molar refractivity (Wildman–Crippen MR) is 141 cm³/mol. The van der Waals surface area contributed by atoms with E-state index in [0.717, 1.165) is 23.3 Å². The molecule has 0 bridgehead atoms. The van der Waals surface area contributed by atoms with Crippen LogP contribution >= 0.6 is 23.1 Å². The molecule has 1 aliphatic heterocycles. The van der Waals surface area contributed by atoms with Gasteiger partial charge < -0.3 is 9.80 Å². The lowest BCUT2D eigenvalue weighted by atomic mass is 9.90. The van der Waals surface area contributed by atoms with E-state index >= 15 is 0 Å². The van der Waals surface area contributed by atoms with Crippen molar-refractivity contribution in [1.82, 2.24) is 9.80 Å². The summed E-state index contributed by atoms with van der Waals surface area (Å²) in [6.07, 6.45) is 1.67. The zero-order valence-electron chi connectivity index (χ0n) is 20.1. The molecule has 0 saturated carbocycles. The van der Waals surface area contributed by atoms with Crippen molar-refractivity contribution in [3.05, 3.63) is 87.6 Å². The zero-order valence-corrected chi connectivity index (χ0v) is 21.7. The smallest absolute Gasteiger partial charge is 0.243 e. The van der Waals surface area contributed by atoms with Crippen LogP contribution in [0.5, 0.6) is 0 Å². The summed E-state index contributed by atoms with van der Waals surface area (Å²) in [5.41, 5.74) is 3.56. The maximum absolute atomic E-state index is 13.8. The van der Waals surface area contributed by atoms with Gasteiger partial charge in [0.25, 0.3) is 0 Å². The largest absolute Gasteiger partial charge is 0.330 e. The van der Waals surface area contributed by atoms with Crippen LogP contribution in [0.3, 0.4) is 0 Å². The maximum Gasteiger partial charge on any atom is 0.243 e. The highest BCUT2D eigenvalue weighted by Gasteiger charge is 2.35. The number of carbonyl (C=O) groups is 2. The van der Waals surface area contributed by atoms with Gasteiger partial charge in [-0.15, -0.1) is 23.1 Å². The Hall–Kier alpha value is -2.57. The monoisotopic (exact) mass is 492 g/mol. The molecule has 2 atom stereocenters. The topological polar surface area (TPSA) is 40.6 Å². The van der Waals surface area contributed by atoms with E-state index in [9.17, 15) is 9.59 Å². The third kappa shape index (κ3) is 5.39. The lowest BCUT2D eigenvalue weighted by Crippen LogP contribution is -2.49. The number of thioether (sulfide) groups is 1. The second-order valence-corrected chi connectivity index (χ2v) is 10.8. The molecule has 2 amide bonds. The molecule has 6 heteroatoms. The number of amides is 2. The molecule has 2 unspecified atom stereocenters. The van der Waals surface area contributed by atoms with E-state index < -0.39 is 0 Å².